The molecule has 74 heavy (non-hydrogen) atoms. The summed E-state index contributed by atoms with van der Waals surface area (Å²) in [6, 6.07) is 11.5. The summed E-state index contributed by atoms with van der Waals surface area (Å²) in [7, 11) is 1.84. The molecule has 2 aromatic heterocycles. The Labute approximate surface area is 426 Å². The van der Waals surface area contributed by atoms with Crippen molar-refractivity contribution < 1.29 is 37.5 Å². The Morgan fingerprint density at radius 3 is 2.61 bits per heavy atom. The van der Waals surface area contributed by atoms with E-state index in [1.165, 1.54) is 6.07 Å². The van der Waals surface area contributed by atoms with Crippen LogP contribution in [0.1, 0.15) is 109 Å². The van der Waals surface area contributed by atoms with Crippen molar-refractivity contribution in [3.05, 3.63) is 82.5 Å². The number of amides is 5. The van der Waals surface area contributed by atoms with Crippen molar-refractivity contribution in [2.24, 2.45) is 0 Å². The number of carbonyl (C=O) groups excluding carboxylic acids is 5. The molecule has 4 unspecified atom stereocenters. The largest absolute Gasteiger partial charge is 0.461 e. The first kappa shape index (κ1) is 47.8. The standard InChI is InChI=1S/C55H57F2N11O6/c1-3-35-39(56)14-11-30-22-31(41-25-59-41)23-37(45(30)35)48-47(57)49-38(24-60-48)50(66-26-32-12-13-33(27-66)61-32)64-54(63-49)74-29-55-18-7-21-67(55)34(17-19-55)28-65(2)44(70)10-4-5-20-58-40-9-6-8-36-46(40)53(73)68(52(36)72)42-15-16-43(69)62-51(42)71/h1,6,8-9,11,14,22-24,32-34,41-42,58-59,61H,4-5,7,10,12-13,15-21,25-29H2,2H3,(H,62,69,71)/t32?,33?,34-,41?,42?,55+/m0/s1. The van der Waals surface area contributed by atoms with Gasteiger partial charge in [-0.2, -0.15) is 9.97 Å². The van der Waals surface area contributed by atoms with E-state index in [0.717, 1.165) is 62.1 Å². The molecular formula is C55H57F2N11O6. The summed E-state index contributed by atoms with van der Waals surface area (Å²) < 4.78 is 39.4. The maximum Gasteiger partial charge on any atom is 0.319 e. The number of halogens is 2. The summed E-state index contributed by atoms with van der Waals surface area (Å²) in [5, 5.41) is 14.0. The number of nitrogens with one attached hydrogen (secondary N) is 4. The Bertz CT molecular complexity index is 3220. The number of unbranched alkanes of at least 4 members (excludes halogenated alkanes) is 1. The van der Waals surface area contributed by atoms with Gasteiger partial charge in [-0.1, -0.05) is 18.1 Å². The lowest BCUT2D eigenvalue weighted by Crippen LogP contribution is -2.54. The zero-order valence-corrected chi connectivity index (χ0v) is 41.1. The highest BCUT2D eigenvalue weighted by Gasteiger charge is 2.51. The topological polar surface area (TPSA) is 204 Å². The van der Waals surface area contributed by atoms with Crippen molar-refractivity contribution in [2.45, 2.75) is 106 Å². The molecule has 5 aromatic rings. The van der Waals surface area contributed by atoms with Gasteiger partial charge in [-0.25, -0.2) is 8.78 Å². The van der Waals surface area contributed by atoms with E-state index in [2.05, 4.69) is 37.0 Å². The number of terminal acetylenes is 1. The van der Waals surface area contributed by atoms with Crippen LogP contribution in [0.15, 0.2) is 48.7 Å². The molecular weight excluding hydrogens is 949 g/mol. The molecule has 7 aliphatic rings. The monoisotopic (exact) mass is 1010 g/mol. The number of piperazine rings is 1. The van der Waals surface area contributed by atoms with Gasteiger partial charge in [0, 0.05) is 99.6 Å². The molecule has 17 nitrogen and oxygen atoms in total. The highest BCUT2D eigenvalue weighted by Crippen LogP contribution is 2.44. The summed E-state index contributed by atoms with van der Waals surface area (Å²) in [5.41, 5.74) is 2.02. The van der Waals surface area contributed by atoms with Crippen molar-refractivity contribution in [3.63, 3.8) is 0 Å². The zero-order valence-electron chi connectivity index (χ0n) is 41.1. The molecule has 0 aliphatic carbocycles. The lowest BCUT2D eigenvalue weighted by atomic mass is 9.93. The summed E-state index contributed by atoms with van der Waals surface area (Å²) in [6.07, 6.45) is 14.8. The first-order chi connectivity index (χ1) is 35.9. The number of nitrogens with zero attached hydrogens (tertiary/aromatic N) is 7. The third-order valence-electron chi connectivity index (χ3n) is 16.5. The van der Waals surface area contributed by atoms with Gasteiger partial charge >= 0.3 is 6.01 Å². The summed E-state index contributed by atoms with van der Waals surface area (Å²) in [6.45, 7) is 4.30. The molecule has 4 N–H and O–H groups in total. The molecule has 2 bridgehead atoms. The van der Waals surface area contributed by atoms with Gasteiger partial charge in [0.05, 0.1) is 27.6 Å². The van der Waals surface area contributed by atoms with Crippen LogP contribution in [0, 0.1) is 24.0 Å². The Morgan fingerprint density at radius 2 is 1.82 bits per heavy atom. The van der Waals surface area contributed by atoms with Gasteiger partial charge in [0.15, 0.2) is 5.82 Å². The van der Waals surface area contributed by atoms with Gasteiger partial charge in [0.2, 0.25) is 17.7 Å². The smallest absolute Gasteiger partial charge is 0.319 e. The van der Waals surface area contributed by atoms with Crippen LogP contribution in [0.4, 0.5) is 20.3 Å². The van der Waals surface area contributed by atoms with Gasteiger partial charge in [-0.15, -0.1) is 6.42 Å². The summed E-state index contributed by atoms with van der Waals surface area (Å²) in [4.78, 5) is 86.6. The van der Waals surface area contributed by atoms with Crippen LogP contribution in [0.3, 0.4) is 0 Å². The second-order valence-corrected chi connectivity index (χ2v) is 21.1. The fourth-order valence-electron chi connectivity index (χ4n) is 12.7. The average molecular weight is 1010 g/mol. The van der Waals surface area contributed by atoms with Crippen LogP contribution in [0.25, 0.3) is 32.9 Å². The molecule has 0 radical (unpaired) electrons. The summed E-state index contributed by atoms with van der Waals surface area (Å²) in [5.74, 6) is -0.369. The number of rotatable bonds is 15. The molecule has 0 spiro atoms. The quantitative estimate of drug-likeness (QED) is 0.0461. The van der Waals surface area contributed by atoms with Crippen LogP contribution in [-0.4, -0.2) is 142 Å². The normalized spacial score (nSPS) is 25.1. The van der Waals surface area contributed by atoms with Crippen molar-refractivity contribution in [3.8, 4) is 29.6 Å². The lowest BCUT2D eigenvalue weighted by Gasteiger charge is -2.36. The van der Waals surface area contributed by atoms with E-state index in [1.54, 1.807) is 35.4 Å². The van der Waals surface area contributed by atoms with Gasteiger partial charge in [-0.3, -0.25) is 44.1 Å². The van der Waals surface area contributed by atoms with E-state index in [4.69, 9.17) is 26.1 Å². The fraction of sp³-hybridized carbons (Fsp3) is 0.455. The van der Waals surface area contributed by atoms with Crippen molar-refractivity contribution in [1.29, 1.82) is 0 Å². The number of hydrogen-bond donors (Lipinski definition) is 4. The molecule has 6 saturated heterocycles. The van der Waals surface area contributed by atoms with E-state index < -0.39 is 41.3 Å². The van der Waals surface area contributed by atoms with Gasteiger partial charge in [0.25, 0.3) is 11.8 Å². The second kappa shape index (κ2) is 19.0. The molecule has 19 heteroatoms. The van der Waals surface area contributed by atoms with Gasteiger partial charge in [0.1, 0.15) is 35.5 Å². The first-order valence-electron chi connectivity index (χ1n) is 25.9. The minimum absolute atomic E-state index is 0.0192. The first-order valence-corrected chi connectivity index (χ1v) is 25.9. The van der Waals surface area contributed by atoms with Crippen LogP contribution in [0.2, 0.25) is 0 Å². The number of likely N-dealkylation sites (N-methyl/N-ethyl adjacent to an activating group) is 1. The van der Waals surface area contributed by atoms with Crippen LogP contribution < -0.4 is 30.9 Å². The molecule has 5 amide bonds. The minimum Gasteiger partial charge on any atom is -0.461 e. The Balaban J connectivity index is 0.720. The highest BCUT2D eigenvalue weighted by atomic mass is 19.1. The number of carbonyl (C=O) groups is 5. The number of fused-ring (bicyclic) bond motifs is 6. The highest BCUT2D eigenvalue weighted by molar-refractivity contribution is 6.25. The van der Waals surface area contributed by atoms with E-state index in [-0.39, 0.29) is 89.0 Å². The number of ether oxygens (including phenoxy) is 1. The number of benzene rings is 3. The molecule has 382 valence electrons. The average Bonchev–Trinajstić information content (AvgIpc) is 3.87. The zero-order chi connectivity index (χ0) is 51.0. The molecule has 0 saturated carbocycles. The summed E-state index contributed by atoms with van der Waals surface area (Å²) >= 11 is 0. The molecule has 6 atom stereocenters. The molecule has 12 rings (SSSR count). The maximum absolute atomic E-state index is 17.5. The van der Waals surface area contributed by atoms with E-state index in [1.807, 2.05) is 19.2 Å². The predicted octanol–water partition coefficient (Wildman–Crippen LogP) is 5.21. The van der Waals surface area contributed by atoms with E-state index in [9.17, 15) is 24.0 Å². The van der Waals surface area contributed by atoms with Crippen LogP contribution >= 0.6 is 0 Å². The van der Waals surface area contributed by atoms with Crippen molar-refractivity contribution in [1.82, 2.24) is 45.6 Å². The number of anilines is 2. The van der Waals surface area contributed by atoms with Crippen LogP contribution in [0.5, 0.6) is 6.01 Å². The third kappa shape index (κ3) is 8.46. The lowest BCUT2D eigenvalue weighted by molar-refractivity contribution is -0.136. The third-order valence-corrected chi connectivity index (χ3v) is 16.5. The van der Waals surface area contributed by atoms with Gasteiger partial charge < -0.3 is 30.5 Å². The van der Waals surface area contributed by atoms with Crippen molar-refractivity contribution >= 4 is 62.7 Å². The number of aromatic nitrogens is 3. The Morgan fingerprint density at radius 1 is 1.00 bits per heavy atom. The SMILES string of the molecule is C#Cc1c(F)ccc2cc(C3CN3)cc(-c3ncc4c(N5CC6CCC(C5)N6)nc(OC[C@]56CCCN5[C@H](CN(C)C(=O)CCCCNc5cccc7c5C(=O)N(C5CCC(=O)NC5=O)C7=O)CC6)nc4c3F)c12. The molecule has 7 aliphatic heterocycles. The Kier molecular flexibility index (Phi) is 12.3. The predicted molar refractivity (Wildman–Crippen MR) is 271 cm³/mol. The van der Waals surface area contributed by atoms with Crippen molar-refractivity contribution in [2.75, 3.05) is 63.1 Å². The minimum atomic E-state index is -1.05. The second-order valence-electron chi connectivity index (χ2n) is 21.1. The van der Waals surface area contributed by atoms with Gasteiger partial charge in [-0.05, 0) is 106 Å². The molecule has 9 heterocycles. The fourth-order valence-corrected chi connectivity index (χ4v) is 12.7. The number of piperidine rings is 1. The van der Waals surface area contributed by atoms with Crippen LogP contribution in [-0.2, 0) is 14.4 Å². The number of imide groups is 2. The Hall–Kier alpha value is -7.14. The van der Waals surface area contributed by atoms with E-state index >= 15 is 8.78 Å². The maximum atomic E-state index is 17.5. The molecule has 6 fully saturated rings. The number of hydrogen-bond acceptors (Lipinski definition) is 14. The van der Waals surface area contributed by atoms with E-state index in [0.29, 0.717) is 78.7 Å². The molecule has 3 aromatic carbocycles. The number of pyridine rings is 1.